The molecule has 0 atom stereocenters. The summed E-state index contributed by atoms with van der Waals surface area (Å²) in [5.74, 6) is 0.234. The zero-order chi connectivity index (χ0) is 12.8. The van der Waals surface area contributed by atoms with Gasteiger partial charge >= 0.3 is 0 Å². The molecule has 0 aliphatic heterocycles. The number of rotatable bonds is 5. The van der Waals surface area contributed by atoms with E-state index in [2.05, 4.69) is 5.32 Å². The number of halogens is 2. The molecule has 2 rings (SSSR count). The van der Waals surface area contributed by atoms with Gasteiger partial charge in [-0.3, -0.25) is 0 Å². The highest BCUT2D eigenvalue weighted by atomic mass is 35.5. The van der Waals surface area contributed by atoms with Crippen molar-refractivity contribution in [3.63, 3.8) is 0 Å². The second kappa shape index (κ2) is 6.26. The third-order valence-corrected chi connectivity index (χ3v) is 2.56. The number of hydrogen-bond donors (Lipinski definition) is 1. The van der Waals surface area contributed by atoms with Gasteiger partial charge in [0, 0.05) is 23.3 Å². The standard InChI is InChI=1S/C14H13ClFNO/c15-11-3-1-5-13(9-11)17-7-8-18-14-6-2-4-12(16)10-14/h1-6,9-10,17H,7-8H2. The quantitative estimate of drug-likeness (QED) is 0.826. The maximum absolute atomic E-state index is 12.9. The molecule has 0 aromatic heterocycles. The van der Waals surface area contributed by atoms with Crippen LogP contribution in [0.2, 0.25) is 5.02 Å². The van der Waals surface area contributed by atoms with Crippen LogP contribution in [0.15, 0.2) is 48.5 Å². The van der Waals surface area contributed by atoms with Crippen molar-refractivity contribution in [2.75, 3.05) is 18.5 Å². The van der Waals surface area contributed by atoms with E-state index in [0.29, 0.717) is 23.9 Å². The fourth-order valence-electron chi connectivity index (χ4n) is 1.52. The highest BCUT2D eigenvalue weighted by Crippen LogP contribution is 2.15. The van der Waals surface area contributed by atoms with Crippen molar-refractivity contribution in [3.8, 4) is 5.75 Å². The van der Waals surface area contributed by atoms with Crippen LogP contribution >= 0.6 is 11.6 Å². The molecule has 2 aromatic carbocycles. The Morgan fingerprint density at radius 2 is 1.94 bits per heavy atom. The van der Waals surface area contributed by atoms with Crippen molar-refractivity contribution in [3.05, 3.63) is 59.4 Å². The SMILES string of the molecule is Fc1cccc(OCCNc2cccc(Cl)c2)c1. The fourth-order valence-corrected chi connectivity index (χ4v) is 1.71. The van der Waals surface area contributed by atoms with Gasteiger partial charge in [-0.2, -0.15) is 0 Å². The number of hydrogen-bond acceptors (Lipinski definition) is 2. The molecule has 0 heterocycles. The monoisotopic (exact) mass is 265 g/mol. The Bertz CT molecular complexity index is 471. The minimum absolute atomic E-state index is 0.296. The lowest BCUT2D eigenvalue weighted by atomic mass is 10.3. The summed E-state index contributed by atoms with van der Waals surface area (Å²) in [6, 6.07) is 13.5. The lowest BCUT2D eigenvalue weighted by molar-refractivity contribution is 0.331. The van der Waals surface area contributed by atoms with Crippen LogP contribution < -0.4 is 10.1 Å². The van der Waals surface area contributed by atoms with Crippen molar-refractivity contribution in [1.29, 1.82) is 0 Å². The van der Waals surface area contributed by atoms with Gasteiger partial charge in [-0.15, -0.1) is 0 Å². The molecule has 0 amide bonds. The van der Waals surface area contributed by atoms with Gasteiger partial charge < -0.3 is 10.1 Å². The number of benzene rings is 2. The Labute approximate surface area is 110 Å². The maximum Gasteiger partial charge on any atom is 0.126 e. The largest absolute Gasteiger partial charge is 0.492 e. The molecule has 94 valence electrons. The van der Waals surface area contributed by atoms with Crippen LogP contribution in [0.3, 0.4) is 0 Å². The van der Waals surface area contributed by atoms with Crippen LogP contribution in [-0.2, 0) is 0 Å². The van der Waals surface area contributed by atoms with E-state index in [-0.39, 0.29) is 5.82 Å². The molecule has 1 N–H and O–H groups in total. The summed E-state index contributed by atoms with van der Waals surface area (Å²) >= 11 is 5.86. The van der Waals surface area contributed by atoms with E-state index in [1.165, 1.54) is 12.1 Å². The van der Waals surface area contributed by atoms with E-state index in [1.54, 1.807) is 12.1 Å². The Balaban J connectivity index is 1.76. The van der Waals surface area contributed by atoms with E-state index in [1.807, 2.05) is 24.3 Å². The van der Waals surface area contributed by atoms with Crippen LogP contribution in [0.1, 0.15) is 0 Å². The average Bonchev–Trinajstić information content (AvgIpc) is 2.35. The van der Waals surface area contributed by atoms with E-state index in [0.717, 1.165) is 5.69 Å². The predicted octanol–water partition coefficient (Wildman–Crippen LogP) is 3.97. The van der Waals surface area contributed by atoms with Gasteiger partial charge in [0.1, 0.15) is 18.2 Å². The first-order chi connectivity index (χ1) is 8.74. The molecule has 0 bridgehead atoms. The first-order valence-corrected chi connectivity index (χ1v) is 6.00. The molecule has 0 spiro atoms. The van der Waals surface area contributed by atoms with Gasteiger partial charge in [-0.25, -0.2) is 4.39 Å². The molecule has 0 unspecified atom stereocenters. The predicted molar refractivity (Wildman–Crippen MR) is 71.8 cm³/mol. The topological polar surface area (TPSA) is 21.3 Å². The van der Waals surface area contributed by atoms with Gasteiger partial charge in [0.15, 0.2) is 0 Å². The van der Waals surface area contributed by atoms with Crippen LogP contribution in [0.5, 0.6) is 5.75 Å². The van der Waals surface area contributed by atoms with Crippen molar-refractivity contribution in [1.82, 2.24) is 0 Å². The van der Waals surface area contributed by atoms with E-state index < -0.39 is 0 Å². The van der Waals surface area contributed by atoms with Gasteiger partial charge in [0.2, 0.25) is 0 Å². The molecule has 0 saturated heterocycles. The van der Waals surface area contributed by atoms with Crippen LogP contribution in [0.4, 0.5) is 10.1 Å². The van der Waals surface area contributed by atoms with Gasteiger partial charge in [0.25, 0.3) is 0 Å². The summed E-state index contributed by atoms with van der Waals surface area (Å²) in [7, 11) is 0. The lowest BCUT2D eigenvalue weighted by Gasteiger charge is -2.08. The molecule has 2 aromatic rings. The van der Waals surface area contributed by atoms with Crippen molar-refractivity contribution < 1.29 is 9.13 Å². The van der Waals surface area contributed by atoms with Gasteiger partial charge in [0.05, 0.1) is 0 Å². The van der Waals surface area contributed by atoms with Crippen molar-refractivity contribution in [2.24, 2.45) is 0 Å². The first kappa shape index (κ1) is 12.7. The molecule has 18 heavy (non-hydrogen) atoms. The molecule has 0 aliphatic carbocycles. The summed E-state index contributed by atoms with van der Waals surface area (Å²) in [5, 5.41) is 3.85. The van der Waals surface area contributed by atoms with Crippen molar-refractivity contribution in [2.45, 2.75) is 0 Å². The highest BCUT2D eigenvalue weighted by Gasteiger charge is 1.96. The normalized spacial score (nSPS) is 10.1. The Morgan fingerprint density at radius 3 is 2.72 bits per heavy atom. The van der Waals surface area contributed by atoms with Gasteiger partial charge in [-0.1, -0.05) is 23.7 Å². The third kappa shape index (κ3) is 3.93. The number of ether oxygens (including phenoxy) is 1. The van der Waals surface area contributed by atoms with E-state index in [9.17, 15) is 4.39 Å². The molecule has 0 aliphatic rings. The lowest BCUT2D eigenvalue weighted by Crippen LogP contribution is -2.11. The van der Waals surface area contributed by atoms with Crippen LogP contribution in [-0.4, -0.2) is 13.2 Å². The number of anilines is 1. The minimum Gasteiger partial charge on any atom is -0.492 e. The zero-order valence-electron chi connectivity index (χ0n) is 9.70. The fraction of sp³-hybridized carbons (Fsp3) is 0.143. The highest BCUT2D eigenvalue weighted by molar-refractivity contribution is 6.30. The minimum atomic E-state index is -0.296. The summed E-state index contributed by atoms with van der Waals surface area (Å²) in [4.78, 5) is 0. The molecule has 4 heteroatoms. The zero-order valence-corrected chi connectivity index (χ0v) is 10.5. The molecule has 2 nitrogen and oxygen atoms in total. The molecule has 0 saturated carbocycles. The number of nitrogens with one attached hydrogen (secondary N) is 1. The Morgan fingerprint density at radius 1 is 1.11 bits per heavy atom. The third-order valence-electron chi connectivity index (χ3n) is 2.32. The summed E-state index contributed by atoms with van der Waals surface area (Å²) in [5.41, 5.74) is 0.936. The first-order valence-electron chi connectivity index (χ1n) is 5.62. The maximum atomic E-state index is 12.9. The second-order valence-corrected chi connectivity index (χ2v) is 4.18. The van der Waals surface area contributed by atoms with Crippen LogP contribution in [0, 0.1) is 5.82 Å². The Hall–Kier alpha value is -1.74. The molecular formula is C14H13ClFNO. The van der Waals surface area contributed by atoms with Crippen LogP contribution in [0.25, 0.3) is 0 Å². The molecule has 0 fully saturated rings. The second-order valence-electron chi connectivity index (χ2n) is 3.74. The van der Waals surface area contributed by atoms with E-state index >= 15 is 0 Å². The summed E-state index contributed by atoms with van der Waals surface area (Å²) in [6.07, 6.45) is 0. The van der Waals surface area contributed by atoms with Crippen molar-refractivity contribution >= 4 is 17.3 Å². The Kier molecular flexibility index (Phi) is 4.42. The molecular weight excluding hydrogens is 253 g/mol. The average molecular weight is 266 g/mol. The molecule has 0 radical (unpaired) electrons. The summed E-state index contributed by atoms with van der Waals surface area (Å²) < 4.78 is 18.3. The van der Waals surface area contributed by atoms with E-state index in [4.69, 9.17) is 16.3 Å². The summed E-state index contributed by atoms with van der Waals surface area (Å²) in [6.45, 7) is 1.08. The van der Waals surface area contributed by atoms with Gasteiger partial charge in [-0.05, 0) is 30.3 Å². The smallest absolute Gasteiger partial charge is 0.126 e.